The summed E-state index contributed by atoms with van der Waals surface area (Å²) in [6, 6.07) is 12.1. The average molecular weight is 383 g/mol. The second-order valence-corrected chi connectivity index (χ2v) is 6.53. The topological polar surface area (TPSA) is 76.0 Å². The zero-order chi connectivity index (χ0) is 19.2. The Morgan fingerprint density at radius 2 is 2.00 bits per heavy atom. The minimum atomic E-state index is -0.255. The molecule has 0 fully saturated rings. The van der Waals surface area contributed by atoms with E-state index in [-0.39, 0.29) is 11.8 Å². The lowest BCUT2D eigenvalue weighted by molar-refractivity contribution is -0.116. The number of imidazole rings is 1. The molecule has 1 heterocycles. The molecule has 27 heavy (non-hydrogen) atoms. The van der Waals surface area contributed by atoms with E-state index in [1.807, 2.05) is 11.5 Å². The van der Waals surface area contributed by atoms with Crippen molar-refractivity contribution in [3.8, 4) is 0 Å². The molecule has 0 saturated carbocycles. The number of nitrogens with one attached hydrogen (secondary N) is 2. The summed E-state index contributed by atoms with van der Waals surface area (Å²) in [7, 11) is 0. The third-order valence-electron chi connectivity index (χ3n) is 4.00. The molecule has 0 aliphatic carbocycles. The number of halogens is 1. The molecule has 0 atom stereocenters. The summed E-state index contributed by atoms with van der Waals surface area (Å²) in [5.41, 5.74) is 2.60. The van der Waals surface area contributed by atoms with E-state index in [1.54, 1.807) is 61.2 Å². The van der Waals surface area contributed by atoms with Gasteiger partial charge in [-0.15, -0.1) is 0 Å². The third kappa shape index (κ3) is 5.18. The van der Waals surface area contributed by atoms with Crippen molar-refractivity contribution in [1.29, 1.82) is 0 Å². The number of anilines is 2. The van der Waals surface area contributed by atoms with Crippen molar-refractivity contribution in [1.82, 2.24) is 9.55 Å². The van der Waals surface area contributed by atoms with Gasteiger partial charge in [-0.05, 0) is 48.9 Å². The highest BCUT2D eigenvalue weighted by molar-refractivity contribution is 6.30. The Kier molecular flexibility index (Phi) is 5.88. The third-order valence-corrected chi connectivity index (χ3v) is 4.24. The van der Waals surface area contributed by atoms with Gasteiger partial charge in [-0.2, -0.15) is 0 Å². The Morgan fingerprint density at radius 3 is 2.74 bits per heavy atom. The first-order valence-corrected chi connectivity index (χ1v) is 8.82. The molecule has 0 spiro atoms. The molecule has 7 heteroatoms. The van der Waals surface area contributed by atoms with Crippen molar-refractivity contribution in [3.63, 3.8) is 0 Å². The maximum atomic E-state index is 12.5. The van der Waals surface area contributed by atoms with E-state index in [0.29, 0.717) is 34.9 Å². The van der Waals surface area contributed by atoms with Crippen LogP contribution in [0.5, 0.6) is 0 Å². The molecule has 2 amide bonds. The molecule has 2 N–H and O–H groups in total. The molecule has 3 rings (SSSR count). The molecule has 138 valence electrons. The minimum Gasteiger partial charge on any atom is -0.337 e. The van der Waals surface area contributed by atoms with Gasteiger partial charge in [0.25, 0.3) is 5.91 Å². The number of hydrogen-bond acceptors (Lipinski definition) is 3. The zero-order valence-electron chi connectivity index (χ0n) is 14.8. The number of hydrogen-bond donors (Lipinski definition) is 2. The summed E-state index contributed by atoms with van der Waals surface area (Å²) >= 11 is 5.94. The fraction of sp³-hybridized carbons (Fsp3) is 0.150. The van der Waals surface area contributed by atoms with Crippen LogP contribution in [0.2, 0.25) is 5.02 Å². The standard InChI is InChI=1S/C20H19ClN4O2/c1-14-11-16(21)5-6-18(14)24-20(27)15-3-2-4-17(12-15)23-19(26)7-9-25-10-8-22-13-25/h2-6,8,10-13H,7,9H2,1H3,(H,23,26)(H,24,27). The molecule has 0 bridgehead atoms. The number of rotatable bonds is 6. The van der Waals surface area contributed by atoms with Crippen molar-refractivity contribution in [2.45, 2.75) is 19.9 Å². The van der Waals surface area contributed by atoms with E-state index in [9.17, 15) is 9.59 Å². The number of carbonyl (C=O) groups excluding carboxylic acids is 2. The number of nitrogens with zero attached hydrogens (tertiary/aromatic N) is 2. The Labute approximate surface area is 162 Å². The first-order valence-electron chi connectivity index (χ1n) is 8.44. The Balaban J connectivity index is 1.62. The van der Waals surface area contributed by atoms with Crippen LogP contribution in [-0.2, 0) is 11.3 Å². The van der Waals surface area contributed by atoms with Crippen LogP contribution in [0.15, 0.2) is 61.2 Å². The first kappa shape index (κ1) is 18.7. The summed E-state index contributed by atoms with van der Waals surface area (Å²) in [5.74, 6) is -0.384. The maximum absolute atomic E-state index is 12.5. The normalized spacial score (nSPS) is 10.4. The highest BCUT2D eigenvalue weighted by Gasteiger charge is 2.10. The van der Waals surface area contributed by atoms with Gasteiger partial charge in [0.05, 0.1) is 6.33 Å². The lowest BCUT2D eigenvalue weighted by atomic mass is 10.1. The Hall–Kier alpha value is -3.12. The maximum Gasteiger partial charge on any atom is 0.255 e. The number of carbonyl (C=O) groups is 2. The van der Waals surface area contributed by atoms with Crippen molar-refractivity contribution >= 4 is 34.8 Å². The van der Waals surface area contributed by atoms with Gasteiger partial charge in [0.1, 0.15) is 0 Å². The van der Waals surface area contributed by atoms with Gasteiger partial charge in [0.2, 0.25) is 5.91 Å². The summed E-state index contributed by atoms with van der Waals surface area (Å²) in [5, 5.41) is 6.29. The lowest BCUT2D eigenvalue weighted by Crippen LogP contribution is -2.16. The molecule has 0 aliphatic rings. The van der Waals surface area contributed by atoms with E-state index in [0.717, 1.165) is 5.56 Å². The van der Waals surface area contributed by atoms with Gasteiger partial charge >= 0.3 is 0 Å². The molecule has 1 aromatic heterocycles. The predicted molar refractivity (Wildman–Crippen MR) is 106 cm³/mol. The van der Waals surface area contributed by atoms with Crippen molar-refractivity contribution in [3.05, 3.63) is 77.3 Å². The van der Waals surface area contributed by atoms with Gasteiger partial charge < -0.3 is 15.2 Å². The van der Waals surface area contributed by atoms with E-state index in [4.69, 9.17) is 11.6 Å². The summed E-state index contributed by atoms with van der Waals surface area (Å²) in [6.45, 7) is 2.42. The summed E-state index contributed by atoms with van der Waals surface area (Å²) < 4.78 is 1.83. The summed E-state index contributed by atoms with van der Waals surface area (Å²) in [6.07, 6.45) is 5.45. The van der Waals surface area contributed by atoms with Crippen LogP contribution in [-0.4, -0.2) is 21.4 Å². The molecule has 2 aromatic carbocycles. The molecule has 0 aliphatic heterocycles. The highest BCUT2D eigenvalue weighted by atomic mass is 35.5. The van der Waals surface area contributed by atoms with Crippen molar-refractivity contribution in [2.75, 3.05) is 10.6 Å². The summed E-state index contributed by atoms with van der Waals surface area (Å²) in [4.78, 5) is 28.5. The van der Waals surface area contributed by atoms with E-state index in [1.165, 1.54) is 0 Å². The predicted octanol–water partition coefficient (Wildman–Crippen LogP) is 4.13. The molecular formula is C20H19ClN4O2. The van der Waals surface area contributed by atoms with Gasteiger partial charge in [-0.1, -0.05) is 17.7 Å². The fourth-order valence-electron chi connectivity index (χ4n) is 2.57. The Morgan fingerprint density at radius 1 is 1.15 bits per heavy atom. The van der Waals surface area contributed by atoms with Crippen molar-refractivity contribution in [2.24, 2.45) is 0 Å². The van der Waals surface area contributed by atoms with Gasteiger partial charge in [0, 0.05) is 47.3 Å². The molecule has 0 radical (unpaired) electrons. The minimum absolute atomic E-state index is 0.130. The Bertz CT molecular complexity index is 954. The molecule has 0 saturated heterocycles. The van der Waals surface area contributed by atoms with E-state index >= 15 is 0 Å². The fourth-order valence-corrected chi connectivity index (χ4v) is 2.80. The van der Waals surface area contributed by atoms with E-state index in [2.05, 4.69) is 15.6 Å². The molecule has 0 unspecified atom stereocenters. The van der Waals surface area contributed by atoms with Crippen LogP contribution in [0, 0.1) is 6.92 Å². The van der Waals surface area contributed by atoms with Crippen LogP contribution in [0.25, 0.3) is 0 Å². The largest absolute Gasteiger partial charge is 0.337 e. The molecule has 3 aromatic rings. The number of benzene rings is 2. The average Bonchev–Trinajstić information content (AvgIpc) is 3.16. The van der Waals surface area contributed by atoms with Crippen LogP contribution >= 0.6 is 11.6 Å². The molecule has 6 nitrogen and oxygen atoms in total. The van der Waals surface area contributed by atoms with Crippen molar-refractivity contribution < 1.29 is 9.59 Å². The highest BCUT2D eigenvalue weighted by Crippen LogP contribution is 2.21. The van der Waals surface area contributed by atoms with Crippen LogP contribution < -0.4 is 10.6 Å². The van der Waals surface area contributed by atoms with Crippen LogP contribution in [0.3, 0.4) is 0 Å². The van der Waals surface area contributed by atoms with Gasteiger partial charge in [0.15, 0.2) is 0 Å². The van der Waals surface area contributed by atoms with Crippen LogP contribution in [0.1, 0.15) is 22.3 Å². The number of aryl methyl sites for hydroxylation is 2. The smallest absolute Gasteiger partial charge is 0.255 e. The monoisotopic (exact) mass is 382 g/mol. The van der Waals surface area contributed by atoms with E-state index < -0.39 is 0 Å². The second-order valence-electron chi connectivity index (χ2n) is 6.09. The quantitative estimate of drug-likeness (QED) is 0.673. The lowest BCUT2D eigenvalue weighted by Gasteiger charge is -2.10. The van der Waals surface area contributed by atoms with Gasteiger partial charge in [-0.25, -0.2) is 4.98 Å². The first-order chi connectivity index (χ1) is 13.0. The second kappa shape index (κ2) is 8.51. The SMILES string of the molecule is Cc1cc(Cl)ccc1NC(=O)c1cccc(NC(=O)CCn2ccnc2)c1. The zero-order valence-corrected chi connectivity index (χ0v) is 15.5. The number of aromatic nitrogens is 2. The molecular weight excluding hydrogens is 364 g/mol. The van der Waals surface area contributed by atoms with Crippen LogP contribution in [0.4, 0.5) is 11.4 Å². The number of amides is 2. The van der Waals surface area contributed by atoms with Gasteiger partial charge in [-0.3, -0.25) is 9.59 Å².